The van der Waals surface area contributed by atoms with Crippen LogP contribution in [0.3, 0.4) is 0 Å². The van der Waals surface area contributed by atoms with Crippen molar-refractivity contribution in [1.82, 2.24) is 0 Å². The van der Waals surface area contributed by atoms with E-state index < -0.39 is 10.8 Å². The lowest BCUT2D eigenvalue weighted by Crippen LogP contribution is -2.28. The van der Waals surface area contributed by atoms with Gasteiger partial charge in [0.05, 0.1) is 10.8 Å². The molecule has 0 bridgehead atoms. The van der Waals surface area contributed by atoms with Gasteiger partial charge in [0.15, 0.2) is 0 Å². The molecule has 2 nitrogen and oxygen atoms in total. The summed E-state index contributed by atoms with van der Waals surface area (Å²) >= 11 is 0. The third-order valence-corrected chi connectivity index (χ3v) is 15.2. The maximum Gasteiger partial charge on any atom is 0.135 e. The second kappa shape index (κ2) is 15.8. The van der Waals surface area contributed by atoms with Gasteiger partial charge in [0.25, 0.3) is 0 Å². The van der Waals surface area contributed by atoms with Gasteiger partial charge in [0.2, 0.25) is 0 Å². The van der Waals surface area contributed by atoms with Crippen LogP contribution in [0.15, 0.2) is 277 Å². The second-order valence-corrected chi connectivity index (χ2v) is 18.7. The van der Waals surface area contributed by atoms with Gasteiger partial charge in [-0.3, -0.25) is 0 Å². The van der Waals surface area contributed by atoms with Crippen LogP contribution in [0.1, 0.15) is 44.5 Å². The number of para-hydroxylation sites is 1. The molecule has 0 radical (unpaired) electrons. The zero-order valence-electron chi connectivity index (χ0n) is 38.3. The average molecular weight is 892 g/mol. The molecule has 0 amide bonds. The average Bonchev–Trinajstić information content (AvgIpc) is 4.07. The summed E-state index contributed by atoms with van der Waals surface area (Å²) in [6, 6.07) is 101. The lowest BCUT2D eigenvalue weighted by atomic mass is 9.67. The van der Waals surface area contributed by atoms with E-state index in [4.69, 9.17) is 4.42 Å². The minimum absolute atomic E-state index is 0.490. The number of anilines is 3. The van der Waals surface area contributed by atoms with Crippen LogP contribution < -0.4 is 4.90 Å². The summed E-state index contributed by atoms with van der Waals surface area (Å²) < 4.78 is 6.22. The summed E-state index contributed by atoms with van der Waals surface area (Å²) in [7, 11) is 0. The predicted molar refractivity (Wildman–Crippen MR) is 288 cm³/mol. The van der Waals surface area contributed by atoms with Crippen LogP contribution in [0.2, 0.25) is 0 Å². The van der Waals surface area contributed by atoms with E-state index in [1.54, 1.807) is 0 Å². The highest BCUT2D eigenvalue weighted by atomic mass is 16.3. The SMILES string of the molecule is c1ccc(C2(c3ccccc3)c3ccccc3-c3cc(N(c4ccc(-c5ccc6oc7ccccc7c6c5)cc4)c4ccc5c(c4)-c4ccccc4C5(c4ccccc4)c4ccccc4)ccc32)cc1. The molecule has 0 N–H and O–H groups in total. The third kappa shape index (κ3) is 5.80. The van der Waals surface area contributed by atoms with Crippen molar-refractivity contribution in [3.05, 3.63) is 317 Å². The first kappa shape index (κ1) is 40.1. The number of fused-ring (bicyclic) bond motifs is 9. The van der Waals surface area contributed by atoms with Gasteiger partial charge in [-0.1, -0.05) is 218 Å². The summed E-state index contributed by atoms with van der Waals surface area (Å²) in [5, 5.41) is 2.26. The fourth-order valence-corrected chi connectivity index (χ4v) is 12.3. The fourth-order valence-electron chi connectivity index (χ4n) is 12.3. The topological polar surface area (TPSA) is 16.4 Å². The van der Waals surface area contributed by atoms with Gasteiger partial charge in [-0.15, -0.1) is 0 Å². The number of hydrogen-bond acceptors (Lipinski definition) is 2. The zero-order valence-corrected chi connectivity index (χ0v) is 38.3. The van der Waals surface area contributed by atoms with E-state index in [-0.39, 0.29) is 0 Å². The summed E-state index contributed by atoms with van der Waals surface area (Å²) in [4.78, 5) is 2.46. The van der Waals surface area contributed by atoms with Crippen molar-refractivity contribution in [3.63, 3.8) is 0 Å². The molecule has 0 unspecified atom stereocenters. The maximum absolute atomic E-state index is 6.22. The van der Waals surface area contributed by atoms with E-state index in [1.165, 1.54) is 66.8 Å². The van der Waals surface area contributed by atoms with Gasteiger partial charge in [0, 0.05) is 27.8 Å². The molecule has 1 aromatic heterocycles. The quantitative estimate of drug-likeness (QED) is 0.151. The predicted octanol–water partition coefficient (Wildman–Crippen LogP) is 17.4. The molecule has 12 aromatic rings. The Balaban J connectivity index is 0.983. The summed E-state index contributed by atoms with van der Waals surface area (Å²) in [6.45, 7) is 0. The first-order valence-electron chi connectivity index (χ1n) is 24.2. The molecule has 11 aromatic carbocycles. The molecular formula is C68H45NO. The zero-order chi connectivity index (χ0) is 46.2. The first-order chi connectivity index (χ1) is 34.7. The van der Waals surface area contributed by atoms with Crippen molar-refractivity contribution < 1.29 is 4.42 Å². The highest BCUT2D eigenvalue weighted by Crippen LogP contribution is 2.59. The summed E-state index contributed by atoms with van der Waals surface area (Å²) in [5.74, 6) is 0. The van der Waals surface area contributed by atoms with Crippen LogP contribution in [-0.2, 0) is 10.8 Å². The van der Waals surface area contributed by atoms with Gasteiger partial charge in [-0.25, -0.2) is 0 Å². The highest BCUT2D eigenvalue weighted by Gasteiger charge is 2.48. The standard InChI is InChI=1S/C68H45NO/c1-5-19-48(20-6-1)67(49-21-7-2-8-22-49)61-30-16-13-27-55(61)58-44-53(38-40-63(58)67)69(52-36-33-46(34-37-52)47-35-42-66-60(43-47)57-29-15-18-32-65(57)70-66)54-39-41-64-59(45-54)56-28-14-17-31-62(56)68(64,50-23-9-3-10-24-50)51-25-11-4-12-26-51/h1-45H. The maximum atomic E-state index is 6.22. The van der Waals surface area contributed by atoms with E-state index in [0.717, 1.165) is 50.1 Å². The Bertz CT molecular complexity index is 3670. The van der Waals surface area contributed by atoms with E-state index in [2.05, 4.69) is 266 Å². The molecule has 328 valence electrons. The molecule has 1 heterocycles. The van der Waals surface area contributed by atoms with E-state index in [9.17, 15) is 0 Å². The molecule has 70 heavy (non-hydrogen) atoms. The lowest BCUT2D eigenvalue weighted by molar-refractivity contribution is 0.669. The van der Waals surface area contributed by atoms with Gasteiger partial charge >= 0.3 is 0 Å². The number of hydrogen-bond donors (Lipinski definition) is 0. The number of rotatable bonds is 8. The fraction of sp³-hybridized carbons (Fsp3) is 0.0294. The van der Waals surface area contributed by atoms with Crippen LogP contribution in [0.25, 0.3) is 55.3 Å². The molecule has 0 atom stereocenters. The van der Waals surface area contributed by atoms with Crippen molar-refractivity contribution in [1.29, 1.82) is 0 Å². The largest absolute Gasteiger partial charge is 0.456 e. The van der Waals surface area contributed by atoms with E-state index in [1.807, 2.05) is 12.1 Å². The molecule has 14 rings (SSSR count). The highest BCUT2D eigenvalue weighted by molar-refractivity contribution is 6.06. The van der Waals surface area contributed by atoms with Crippen molar-refractivity contribution in [3.8, 4) is 33.4 Å². The molecule has 0 fully saturated rings. The molecule has 2 heteroatoms. The Morgan fingerprint density at radius 2 is 0.643 bits per heavy atom. The van der Waals surface area contributed by atoms with Gasteiger partial charge in [-0.05, 0) is 132 Å². The summed E-state index contributed by atoms with van der Waals surface area (Å²) in [6.07, 6.45) is 0. The van der Waals surface area contributed by atoms with Gasteiger partial charge in [0.1, 0.15) is 11.2 Å². The Hall–Kier alpha value is -8.98. The van der Waals surface area contributed by atoms with Gasteiger partial charge < -0.3 is 9.32 Å². The normalized spacial score (nSPS) is 13.7. The number of benzene rings is 11. The van der Waals surface area contributed by atoms with E-state index in [0.29, 0.717) is 0 Å². The van der Waals surface area contributed by atoms with Crippen molar-refractivity contribution >= 4 is 39.0 Å². The molecule has 0 saturated heterocycles. The Kier molecular flexibility index (Phi) is 9.06. The van der Waals surface area contributed by atoms with E-state index >= 15 is 0 Å². The first-order valence-corrected chi connectivity index (χ1v) is 24.2. The van der Waals surface area contributed by atoms with Crippen molar-refractivity contribution in [2.45, 2.75) is 10.8 Å². The van der Waals surface area contributed by atoms with Crippen LogP contribution in [0, 0.1) is 0 Å². The van der Waals surface area contributed by atoms with Crippen LogP contribution in [0.4, 0.5) is 17.1 Å². The van der Waals surface area contributed by atoms with Crippen LogP contribution in [-0.4, -0.2) is 0 Å². The molecule has 2 aliphatic rings. The van der Waals surface area contributed by atoms with Crippen LogP contribution >= 0.6 is 0 Å². The monoisotopic (exact) mass is 891 g/mol. The minimum atomic E-state index is -0.490. The molecular weight excluding hydrogens is 847 g/mol. The molecule has 0 spiro atoms. The van der Waals surface area contributed by atoms with Crippen molar-refractivity contribution in [2.75, 3.05) is 4.90 Å². The molecule has 0 aliphatic heterocycles. The second-order valence-electron chi connectivity index (χ2n) is 18.7. The third-order valence-electron chi connectivity index (χ3n) is 15.2. The van der Waals surface area contributed by atoms with Gasteiger partial charge in [-0.2, -0.15) is 0 Å². The Labute approximate surface area is 408 Å². The number of furan rings is 1. The van der Waals surface area contributed by atoms with Crippen LogP contribution in [0.5, 0.6) is 0 Å². The summed E-state index contributed by atoms with van der Waals surface area (Å²) in [5.41, 5.74) is 21.5. The molecule has 2 aliphatic carbocycles. The minimum Gasteiger partial charge on any atom is -0.456 e. The Morgan fingerprint density at radius 3 is 1.14 bits per heavy atom. The smallest absolute Gasteiger partial charge is 0.135 e. The number of nitrogens with zero attached hydrogens (tertiary/aromatic N) is 1. The molecule has 0 saturated carbocycles. The van der Waals surface area contributed by atoms with Crippen molar-refractivity contribution in [2.24, 2.45) is 0 Å². The lowest BCUT2D eigenvalue weighted by Gasteiger charge is -2.34. The Morgan fingerprint density at radius 1 is 0.257 bits per heavy atom.